The smallest absolute Gasteiger partial charge is 0.235 e. The molecule has 0 aromatic heterocycles. The highest BCUT2D eigenvalue weighted by Gasteiger charge is 2.78. The summed E-state index contributed by atoms with van der Waals surface area (Å²) >= 11 is 9.51. The Kier molecular flexibility index (Phi) is 3.08. The van der Waals surface area contributed by atoms with Crippen molar-refractivity contribution in [3.05, 3.63) is 27.7 Å². The molecule has 5 rings (SSSR count). The van der Waals surface area contributed by atoms with E-state index >= 15 is 0 Å². The first-order valence-corrected chi connectivity index (χ1v) is 9.32. The first-order chi connectivity index (χ1) is 11.4. The van der Waals surface area contributed by atoms with E-state index in [-0.39, 0.29) is 17.7 Å². The van der Waals surface area contributed by atoms with Gasteiger partial charge in [-0.1, -0.05) is 11.6 Å². The summed E-state index contributed by atoms with van der Waals surface area (Å²) in [4.78, 5) is 15.0. The quantitative estimate of drug-likeness (QED) is 0.768. The molecule has 4 aliphatic rings. The van der Waals surface area contributed by atoms with E-state index in [9.17, 15) is 9.90 Å². The summed E-state index contributed by atoms with van der Waals surface area (Å²) in [6, 6.07) is 5.44. The van der Waals surface area contributed by atoms with E-state index in [1.54, 1.807) is 11.0 Å². The van der Waals surface area contributed by atoms with Crippen LogP contribution in [0.5, 0.6) is 0 Å². The molecule has 1 aromatic rings. The Morgan fingerprint density at radius 2 is 2.25 bits per heavy atom. The van der Waals surface area contributed by atoms with Crippen molar-refractivity contribution in [1.82, 2.24) is 0 Å². The van der Waals surface area contributed by atoms with Crippen molar-refractivity contribution in [2.45, 2.75) is 43.3 Å². The Labute approximate surface area is 153 Å². The minimum absolute atomic E-state index is 0.0115. The Balaban J connectivity index is 1.63. The number of nitrogens with zero attached hydrogens (tertiary/aromatic N) is 1. The molecule has 128 valence electrons. The van der Waals surface area contributed by atoms with Gasteiger partial charge in [0, 0.05) is 23.0 Å². The summed E-state index contributed by atoms with van der Waals surface area (Å²) in [5, 5.41) is 11.2. The summed E-state index contributed by atoms with van der Waals surface area (Å²) in [6.45, 7) is 2.42. The van der Waals surface area contributed by atoms with E-state index in [4.69, 9.17) is 21.1 Å². The van der Waals surface area contributed by atoms with Gasteiger partial charge in [0.1, 0.15) is 11.8 Å². The lowest BCUT2D eigenvalue weighted by atomic mass is 9.65. The number of fused-ring (bicyclic) bond motifs is 2. The standard InChI is InChI=1S/C17H17BrClNO4/c1-16-7-11(21)17(24-16)4-5-23-15-13(17)12(16)14(22)20(15)8-2-3-10(19)9(18)6-8/h2-3,6,11-13,15,21H,4-5,7H2,1H3/t11-,12+,13-,15-,16+,17-/m0/s1. The number of hydrogen-bond donors (Lipinski definition) is 1. The molecule has 1 N–H and O–H groups in total. The van der Waals surface area contributed by atoms with Crippen molar-refractivity contribution >= 4 is 39.1 Å². The van der Waals surface area contributed by atoms with Gasteiger partial charge in [-0.05, 0) is 41.1 Å². The van der Waals surface area contributed by atoms with Crippen LogP contribution in [0.15, 0.2) is 22.7 Å². The number of halogens is 2. The lowest BCUT2D eigenvalue weighted by molar-refractivity contribution is -0.163. The molecule has 1 aromatic carbocycles. The Morgan fingerprint density at radius 3 is 3.00 bits per heavy atom. The van der Waals surface area contributed by atoms with Crippen LogP contribution in [0.3, 0.4) is 0 Å². The molecule has 1 amide bonds. The Hall–Kier alpha value is -0.660. The summed E-state index contributed by atoms with van der Waals surface area (Å²) in [5.74, 6) is -0.403. The number of aliphatic hydroxyl groups is 1. The molecule has 0 saturated carbocycles. The van der Waals surface area contributed by atoms with Crippen LogP contribution in [0.1, 0.15) is 19.8 Å². The number of amides is 1. The summed E-state index contributed by atoms with van der Waals surface area (Å²) in [7, 11) is 0. The van der Waals surface area contributed by atoms with E-state index in [0.29, 0.717) is 24.5 Å². The fourth-order valence-electron chi connectivity index (χ4n) is 5.31. The number of aliphatic hydroxyl groups excluding tert-OH is 1. The third kappa shape index (κ3) is 1.69. The van der Waals surface area contributed by atoms with E-state index in [0.717, 1.165) is 10.2 Å². The second kappa shape index (κ2) is 4.74. The van der Waals surface area contributed by atoms with Gasteiger partial charge in [-0.2, -0.15) is 0 Å². The van der Waals surface area contributed by atoms with Crippen molar-refractivity contribution in [3.8, 4) is 0 Å². The minimum Gasteiger partial charge on any atom is -0.390 e. The van der Waals surface area contributed by atoms with E-state index in [2.05, 4.69) is 15.9 Å². The lowest BCUT2D eigenvalue weighted by Crippen LogP contribution is -2.56. The molecule has 0 aliphatic carbocycles. The van der Waals surface area contributed by atoms with Crippen LogP contribution in [0.4, 0.5) is 5.69 Å². The van der Waals surface area contributed by atoms with E-state index in [1.165, 1.54) is 0 Å². The van der Waals surface area contributed by atoms with Crippen LogP contribution in [0.25, 0.3) is 0 Å². The molecule has 2 bridgehead atoms. The molecule has 0 unspecified atom stereocenters. The predicted octanol–water partition coefficient (Wildman–Crippen LogP) is 2.72. The zero-order chi connectivity index (χ0) is 16.9. The largest absolute Gasteiger partial charge is 0.390 e. The van der Waals surface area contributed by atoms with Gasteiger partial charge in [0.25, 0.3) is 0 Å². The Morgan fingerprint density at radius 1 is 1.46 bits per heavy atom. The average molecular weight is 415 g/mol. The van der Waals surface area contributed by atoms with Gasteiger partial charge >= 0.3 is 0 Å². The molecule has 4 saturated heterocycles. The molecule has 4 heterocycles. The maximum absolute atomic E-state index is 13.3. The molecule has 4 fully saturated rings. The van der Waals surface area contributed by atoms with Gasteiger partial charge in [-0.25, -0.2) is 0 Å². The number of hydrogen-bond acceptors (Lipinski definition) is 4. The third-order valence-electron chi connectivity index (χ3n) is 6.20. The average Bonchev–Trinajstić information content (AvgIpc) is 3.07. The monoisotopic (exact) mass is 413 g/mol. The summed E-state index contributed by atoms with van der Waals surface area (Å²) in [6.07, 6.45) is 0.193. The van der Waals surface area contributed by atoms with Crippen molar-refractivity contribution in [1.29, 1.82) is 0 Å². The van der Waals surface area contributed by atoms with Gasteiger partial charge in [-0.15, -0.1) is 0 Å². The first-order valence-electron chi connectivity index (χ1n) is 8.15. The van der Waals surface area contributed by atoms with Gasteiger partial charge in [-0.3, -0.25) is 9.69 Å². The zero-order valence-corrected chi connectivity index (χ0v) is 15.4. The third-order valence-corrected chi connectivity index (χ3v) is 7.41. The van der Waals surface area contributed by atoms with Gasteiger partial charge < -0.3 is 14.6 Å². The van der Waals surface area contributed by atoms with Crippen molar-refractivity contribution in [2.75, 3.05) is 11.5 Å². The predicted molar refractivity (Wildman–Crippen MR) is 90.8 cm³/mol. The molecule has 1 spiro atoms. The van der Waals surface area contributed by atoms with Crippen LogP contribution >= 0.6 is 27.5 Å². The highest BCUT2D eigenvalue weighted by atomic mass is 79.9. The maximum atomic E-state index is 13.3. The van der Waals surface area contributed by atoms with Gasteiger partial charge in [0.15, 0.2) is 0 Å². The van der Waals surface area contributed by atoms with Crippen LogP contribution in [-0.2, 0) is 14.3 Å². The highest BCUT2D eigenvalue weighted by molar-refractivity contribution is 9.10. The number of rotatable bonds is 1. The summed E-state index contributed by atoms with van der Waals surface area (Å²) in [5.41, 5.74) is -0.521. The van der Waals surface area contributed by atoms with Crippen molar-refractivity contribution < 1.29 is 19.4 Å². The topological polar surface area (TPSA) is 59.0 Å². The zero-order valence-electron chi connectivity index (χ0n) is 13.0. The second-order valence-electron chi connectivity index (χ2n) is 7.41. The van der Waals surface area contributed by atoms with Gasteiger partial charge in [0.2, 0.25) is 5.91 Å². The highest BCUT2D eigenvalue weighted by Crippen LogP contribution is 2.65. The van der Waals surface area contributed by atoms with Crippen LogP contribution in [0.2, 0.25) is 5.02 Å². The van der Waals surface area contributed by atoms with Crippen molar-refractivity contribution in [3.63, 3.8) is 0 Å². The molecule has 7 heteroatoms. The molecule has 4 aliphatic heterocycles. The molecule has 6 atom stereocenters. The second-order valence-corrected chi connectivity index (χ2v) is 8.67. The number of carbonyl (C=O) groups is 1. The number of anilines is 1. The lowest BCUT2D eigenvalue weighted by Gasteiger charge is -2.43. The van der Waals surface area contributed by atoms with Crippen LogP contribution in [-0.4, -0.2) is 41.2 Å². The van der Waals surface area contributed by atoms with Crippen LogP contribution in [0, 0.1) is 11.8 Å². The van der Waals surface area contributed by atoms with Gasteiger partial charge in [0.05, 0.1) is 35.2 Å². The molecular formula is C17H17BrClNO4. The summed E-state index contributed by atoms with van der Waals surface area (Å²) < 4.78 is 13.0. The fourth-order valence-corrected chi connectivity index (χ4v) is 5.79. The van der Waals surface area contributed by atoms with Crippen LogP contribution < -0.4 is 4.90 Å². The molecule has 5 nitrogen and oxygen atoms in total. The maximum Gasteiger partial charge on any atom is 0.235 e. The van der Waals surface area contributed by atoms with Crippen molar-refractivity contribution in [2.24, 2.45) is 11.8 Å². The number of benzene rings is 1. The first kappa shape index (κ1) is 15.6. The van der Waals surface area contributed by atoms with E-state index < -0.39 is 23.5 Å². The number of carbonyl (C=O) groups excluding carboxylic acids is 1. The normalized spacial score (nSPS) is 45.8. The SMILES string of the molecule is C[C@@]12C[C@H](O)[C@]3(CCO[C@H]4[C@@H]3[C@@H]1C(=O)N4c1ccc(Cl)c(Br)c1)O2. The Bertz CT molecular complexity index is 760. The molecule has 0 radical (unpaired) electrons. The number of ether oxygens (including phenoxy) is 2. The fraction of sp³-hybridized carbons (Fsp3) is 0.588. The minimum atomic E-state index is -0.656. The molecule has 24 heavy (non-hydrogen) atoms. The van der Waals surface area contributed by atoms with E-state index in [1.807, 2.05) is 19.1 Å². The molecular weight excluding hydrogens is 398 g/mol.